The zero-order valence-corrected chi connectivity index (χ0v) is 12.4. The fourth-order valence-electron chi connectivity index (χ4n) is 3.66. The second-order valence-corrected chi connectivity index (χ2v) is 5.34. The second kappa shape index (κ2) is 8.10. The molecule has 0 aliphatic heterocycles. The smallest absolute Gasteiger partial charge is 0.0462 e. The number of hydrazine groups is 1. The lowest BCUT2D eigenvalue weighted by Gasteiger charge is -2.46. The largest absolute Gasteiger partial charge is 0.385 e. The first-order valence-corrected chi connectivity index (χ1v) is 7.45. The van der Waals surface area contributed by atoms with Gasteiger partial charge in [0.2, 0.25) is 0 Å². The van der Waals surface area contributed by atoms with E-state index in [-0.39, 0.29) is 5.54 Å². The van der Waals surface area contributed by atoms with Gasteiger partial charge in [-0.05, 0) is 38.8 Å². The second-order valence-electron chi connectivity index (χ2n) is 5.34. The van der Waals surface area contributed by atoms with Crippen molar-refractivity contribution in [2.24, 2.45) is 5.84 Å². The van der Waals surface area contributed by atoms with Crippen LogP contribution in [0.2, 0.25) is 0 Å². The summed E-state index contributed by atoms with van der Waals surface area (Å²) in [5, 5.41) is 0. The van der Waals surface area contributed by atoms with Gasteiger partial charge in [0, 0.05) is 25.3 Å². The van der Waals surface area contributed by atoms with E-state index >= 15 is 0 Å². The molecule has 1 aliphatic rings. The van der Waals surface area contributed by atoms with Crippen molar-refractivity contribution in [3.8, 4) is 0 Å². The highest BCUT2D eigenvalue weighted by Crippen LogP contribution is 2.39. The summed E-state index contributed by atoms with van der Waals surface area (Å²) in [4.78, 5) is 2.61. The van der Waals surface area contributed by atoms with Gasteiger partial charge in [0.05, 0.1) is 0 Å². The Bertz CT molecular complexity index is 213. The Balaban J connectivity index is 2.73. The van der Waals surface area contributed by atoms with Gasteiger partial charge in [-0.25, -0.2) is 0 Å². The monoisotopic (exact) mass is 257 g/mol. The van der Waals surface area contributed by atoms with Gasteiger partial charge >= 0.3 is 0 Å². The highest BCUT2D eigenvalue weighted by molar-refractivity contribution is 5.02. The van der Waals surface area contributed by atoms with E-state index in [0.717, 1.165) is 32.5 Å². The molecule has 1 fully saturated rings. The summed E-state index contributed by atoms with van der Waals surface area (Å²) < 4.78 is 5.16. The summed E-state index contributed by atoms with van der Waals surface area (Å²) in [5.74, 6) is 5.85. The van der Waals surface area contributed by atoms with Crippen molar-refractivity contribution in [3.63, 3.8) is 0 Å². The molecule has 1 aliphatic carbocycles. The molecular formula is C14H31N3O. The van der Waals surface area contributed by atoms with Crippen LogP contribution in [0.15, 0.2) is 0 Å². The highest BCUT2D eigenvalue weighted by atomic mass is 16.5. The Morgan fingerprint density at radius 2 is 1.89 bits per heavy atom. The molecular weight excluding hydrogens is 226 g/mol. The zero-order chi connectivity index (χ0) is 13.4. The molecule has 1 unspecified atom stereocenters. The number of nitrogens with zero attached hydrogens (tertiary/aromatic N) is 1. The van der Waals surface area contributed by atoms with E-state index in [4.69, 9.17) is 10.6 Å². The van der Waals surface area contributed by atoms with Gasteiger partial charge in [0.25, 0.3) is 0 Å². The minimum atomic E-state index is 0.270. The molecule has 0 heterocycles. The molecule has 0 amide bonds. The number of ether oxygens (including phenoxy) is 1. The first-order valence-electron chi connectivity index (χ1n) is 7.45. The normalized spacial score (nSPS) is 20.5. The summed E-state index contributed by atoms with van der Waals surface area (Å²) in [6, 6.07) is 0.384. The maximum atomic E-state index is 5.85. The number of rotatable bonds is 9. The molecule has 3 N–H and O–H groups in total. The van der Waals surface area contributed by atoms with E-state index in [2.05, 4.69) is 24.2 Å². The summed E-state index contributed by atoms with van der Waals surface area (Å²) in [7, 11) is 1.76. The third kappa shape index (κ3) is 3.44. The van der Waals surface area contributed by atoms with Crippen LogP contribution >= 0.6 is 0 Å². The number of nitrogens with two attached hydrogens (primary N) is 1. The van der Waals surface area contributed by atoms with E-state index in [0.29, 0.717) is 6.04 Å². The van der Waals surface area contributed by atoms with Crippen LogP contribution in [0.1, 0.15) is 52.4 Å². The van der Waals surface area contributed by atoms with Gasteiger partial charge in [-0.1, -0.05) is 26.7 Å². The van der Waals surface area contributed by atoms with Gasteiger partial charge in [-0.3, -0.25) is 16.2 Å². The van der Waals surface area contributed by atoms with Gasteiger partial charge in [0.1, 0.15) is 0 Å². The number of hydrogen-bond donors (Lipinski definition) is 2. The topological polar surface area (TPSA) is 50.5 Å². The predicted molar refractivity (Wildman–Crippen MR) is 76.3 cm³/mol. The van der Waals surface area contributed by atoms with Gasteiger partial charge < -0.3 is 4.74 Å². The third-order valence-electron chi connectivity index (χ3n) is 4.55. The van der Waals surface area contributed by atoms with Crippen molar-refractivity contribution in [1.82, 2.24) is 10.3 Å². The van der Waals surface area contributed by atoms with Gasteiger partial charge in [-0.2, -0.15) is 0 Å². The quantitative estimate of drug-likeness (QED) is 0.376. The van der Waals surface area contributed by atoms with Crippen molar-refractivity contribution >= 4 is 0 Å². The maximum Gasteiger partial charge on any atom is 0.0462 e. The standard InChI is InChI=1S/C14H31N3O/c1-4-17(5-2)14(10-6-7-11-14)13(16-15)9-8-12-18-3/h13,16H,4-12,15H2,1-3H3. The van der Waals surface area contributed by atoms with Crippen LogP contribution in [0.3, 0.4) is 0 Å². The Labute approximate surface area is 112 Å². The average Bonchev–Trinajstić information content (AvgIpc) is 2.86. The number of nitrogens with one attached hydrogen (secondary N) is 1. The first kappa shape index (κ1) is 15.9. The van der Waals surface area contributed by atoms with Crippen LogP contribution in [0.5, 0.6) is 0 Å². The van der Waals surface area contributed by atoms with Crippen LogP contribution in [-0.2, 0) is 4.74 Å². The molecule has 0 spiro atoms. The van der Waals surface area contributed by atoms with Crippen LogP contribution in [0, 0.1) is 0 Å². The van der Waals surface area contributed by atoms with Crippen LogP contribution < -0.4 is 11.3 Å². The lowest BCUT2D eigenvalue weighted by Crippen LogP contribution is -2.61. The minimum absolute atomic E-state index is 0.270. The predicted octanol–water partition coefficient (Wildman–Crippen LogP) is 1.90. The molecule has 1 saturated carbocycles. The lowest BCUT2D eigenvalue weighted by atomic mass is 9.83. The van der Waals surface area contributed by atoms with Crippen LogP contribution in [-0.4, -0.2) is 43.3 Å². The van der Waals surface area contributed by atoms with E-state index in [9.17, 15) is 0 Å². The van der Waals surface area contributed by atoms with Crippen molar-refractivity contribution in [1.29, 1.82) is 0 Å². The highest BCUT2D eigenvalue weighted by Gasteiger charge is 2.44. The third-order valence-corrected chi connectivity index (χ3v) is 4.55. The first-order chi connectivity index (χ1) is 8.75. The SMILES string of the molecule is CCN(CC)C1(C(CCCOC)NN)CCCC1. The molecule has 0 bridgehead atoms. The fourth-order valence-corrected chi connectivity index (χ4v) is 3.66. The molecule has 4 heteroatoms. The zero-order valence-electron chi connectivity index (χ0n) is 12.4. The summed E-state index contributed by atoms with van der Waals surface area (Å²) in [6.45, 7) is 7.56. The summed E-state index contributed by atoms with van der Waals surface area (Å²) >= 11 is 0. The molecule has 108 valence electrons. The Morgan fingerprint density at radius 3 is 2.33 bits per heavy atom. The van der Waals surface area contributed by atoms with Crippen LogP contribution in [0.4, 0.5) is 0 Å². The van der Waals surface area contributed by atoms with Crippen molar-refractivity contribution in [2.45, 2.75) is 64.0 Å². The van der Waals surface area contributed by atoms with Crippen molar-refractivity contribution in [3.05, 3.63) is 0 Å². The molecule has 1 rings (SSSR count). The number of hydrogen-bond acceptors (Lipinski definition) is 4. The van der Waals surface area contributed by atoms with E-state index in [1.165, 1.54) is 25.7 Å². The molecule has 0 aromatic heterocycles. The molecule has 4 nitrogen and oxygen atoms in total. The van der Waals surface area contributed by atoms with E-state index in [1.54, 1.807) is 7.11 Å². The molecule has 1 atom stereocenters. The Morgan fingerprint density at radius 1 is 1.28 bits per heavy atom. The van der Waals surface area contributed by atoms with Gasteiger partial charge in [-0.15, -0.1) is 0 Å². The summed E-state index contributed by atoms with van der Waals surface area (Å²) in [5.41, 5.74) is 3.37. The van der Waals surface area contributed by atoms with E-state index in [1.807, 2.05) is 0 Å². The average molecular weight is 257 g/mol. The van der Waals surface area contributed by atoms with Crippen molar-refractivity contribution < 1.29 is 4.74 Å². The van der Waals surface area contributed by atoms with Gasteiger partial charge in [0.15, 0.2) is 0 Å². The molecule has 0 radical (unpaired) electrons. The molecule has 0 aromatic carbocycles. The number of likely N-dealkylation sites (N-methyl/N-ethyl adjacent to an activating group) is 1. The Hall–Kier alpha value is -0.160. The summed E-state index contributed by atoms with van der Waals surface area (Å²) in [6.07, 6.45) is 7.39. The fraction of sp³-hybridized carbons (Fsp3) is 1.00. The molecule has 0 aromatic rings. The molecule has 18 heavy (non-hydrogen) atoms. The van der Waals surface area contributed by atoms with E-state index < -0.39 is 0 Å². The Kier molecular flexibility index (Phi) is 7.15. The van der Waals surface area contributed by atoms with Crippen LogP contribution in [0.25, 0.3) is 0 Å². The van der Waals surface area contributed by atoms with Crippen molar-refractivity contribution in [2.75, 3.05) is 26.8 Å². The molecule has 0 saturated heterocycles. The maximum absolute atomic E-state index is 5.85. The minimum Gasteiger partial charge on any atom is -0.385 e. The lowest BCUT2D eigenvalue weighted by molar-refractivity contribution is 0.0554. The number of methoxy groups -OCH3 is 1.